The molecule has 4 aromatic rings. The summed E-state index contributed by atoms with van der Waals surface area (Å²) in [6, 6.07) is 8.76. The number of halogens is 3. The summed E-state index contributed by atoms with van der Waals surface area (Å²) in [6.07, 6.45) is 3.75. The fraction of sp³-hybridized carbons (Fsp3) is 0.512. The molecule has 11 nitrogen and oxygen atoms in total. The maximum absolute atomic E-state index is 17.4. The average Bonchev–Trinajstić information content (AvgIpc) is 3.73. The number of amides is 1. The van der Waals surface area contributed by atoms with Gasteiger partial charge in [0.05, 0.1) is 29.6 Å². The molecule has 4 heterocycles. The van der Waals surface area contributed by atoms with E-state index in [1.807, 2.05) is 4.90 Å². The Labute approximate surface area is 318 Å². The quantitative estimate of drug-likeness (QED) is 0.149. The second kappa shape index (κ2) is 15.3. The van der Waals surface area contributed by atoms with Crippen molar-refractivity contribution in [1.29, 1.82) is 5.26 Å². The van der Waals surface area contributed by atoms with Crippen molar-refractivity contribution in [3.8, 4) is 29.0 Å². The third kappa shape index (κ3) is 7.44. The van der Waals surface area contributed by atoms with Crippen LogP contribution in [0.5, 0.6) is 11.8 Å². The summed E-state index contributed by atoms with van der Waals surface area (Å²) in [4.78, 5) is 28.3. The van der Waals surface area contributed by atoms with Crippen LogP contribution < -0.4 is 14.4 Å². The molecule has 0 saturated carbocycles. The smallest absolute Gasteiger partial charge is 0.410 e. The van der Waals surface area contributed by atoms with Gasteiger partial charge in [0.25, 0.3) is 0 Å². The summed E-state index contributed by atoms with van der Waals surface area (Å²) in [7, 11) is 1.46. The van der Waals surface area contributed by atoms with Crippen LogP contribution in [0.2, 0.25) is 0 Å². The van der Waals surface area contributed by atoms with Gasteiger partial charge in [0, 0.05) is 32.1 Å². The van der Waals surface area contributed by atoms with Crippen LogP contribution in [-0.4, -0.2) is 96.3 Å². The van der Waals surface area contributed by atoms with Gasteiger partial charge in [-0.05, 0) is 112 Å². The molecule has 0 spiro atoms. The van der Waals surface area contributed by atoms with Gasteiger partial charge >= 0.3 is 12.1 Å². The zero-order valence-corrected chi connectivity index (χ0v) is 32.0. The van der Waals surface area contributed by atoms with E-state index in [4.69, 9.17) is 23.9 Å². The number of ether oxygens (including phenoxy) is 4. The molecule has 0 radical (unpaired) electrons. The minimum atomic E-state index is -0.970. The number of carbonyl (C=O) groups excluding carboxylic acids is 1. The van der Waals surface area contributed by atoms with E-state index in [2.05, 4.69) is 16.0 Å². The van der Waals surface area contributed by atoms with Crippen molar-refractivity contribution in [2.75, 3.05) is 58.1 Å². The molecule has 14 heteroatoms. The Morgan fingerprint density at radius 2 is 1.78 bits per heavy atom. The molecule has 3 aliphatic rings. The van der Waals surface area contributed by atoms with Crippen molar-refractivity contribution in [2.45, 2.75) is 83.4 Å². The van der Waals surface area contributed by atoms with Gasteiger partial charge in [-0.2, -0.15) is 15.2 Å². The van der Waals surface area contributed by atoms with Gasteiger partial charge in [0.1, 0.15) is 40.9 Å². The van der Waals surface area contributed by atoms with Crippen molar-refractivity contribution in [2.24, 2.45) is 0 Å². The highest BCUT2D eigenvalue weighted by Crippen LogP contribution is 2.43. The molecule has 3 aromatic carbocycles. The van der Waals surface area contributed by atoms with Crippen LogP contribution in [0, 0.1) is 28.8 Å². The maximum atomic E-state index is 17.4. The first kappa shape index (κ1) is 38.4. The lowest BCUT2D eigenvalue weighted by Gasteiger charge is -2.41. The summed E-state index contributed by atoms with van der Waals surface area (Å²) in [5.41, 5.74) is -1.08. The van der Waals surface area contributed by atoms with E-state index in [1.165, 1.54) is 30.2 Å². The van der Waals surface area contributed by atoms with Crippen molar-refractivity contribution in [1.82, 2.24) is 19.8 Å². The van der Waals surface area contributed by atoms with Gasteiger partial charge in [-0.15, -0.1) is 0 Å². The first-order chi connectivity index (χ1) is 26.4. The van der Waals surface area contributed by atoms with Crippen LogP contribution >= 0.6 is 0 Å². The van der Waals surface area contributed by atoms with E-state index in [0.717, 1.165) is 38.8 Å². The second-order valence-electron chi connectivity index (χ2n) is 15.6. The Kier molecular flexibility index (Phi) is 10.7. The number of anilines is 1. The van der Waals surface area contributed by atoms with Crippen LogP contribution in [0.25, 0.3) is 32.8 Å². The molecule has 0 unspecified atom stereocenters. The van der Waals surface area contributed by atoms with Crippen LogP contribution in [0.15, 0.2) is 30.3 Å². The van der Waals surface area contributed by atoms with Gasteiger partial charge < -0.3 is 28.7 Å². The van der Waals surface area contributed by atoms with Gasteiger partial charge in [-0.1, -0.05) is 13.0 Å². The number of carbonyl (C=O) groups is 1. The third-order valence-corrected chi connectivity index (χ3v) is 11.0. The topological polar surface area (TPSA) is 113 Å². The zero-order chi connectivity index (χ0) is 39.1. The molecule has 0 bridgehead atoms. The Bertz CT molecular complexity index is 2140. The lowest BCUT2D eigenvalue weighted by molar-refractivity contribution is 0.0145. The molecule has 55 heavy (non-hydrogen) atoms. The number of aromatic nitrogens is 2. The number of piperazine rings is 1. The van der Waals surface area contributed by atoms with Crippen LogP contribution in [-0.2, 0) is 15.9 Å². The van der Waals surface area contributed by atoms with E-state index in [9.17, 15) is 10.1 Å². The SMILES string of the molecule is CCc1c(F)ccc2cc(OCOC)cc(-c3c(F)cc4c(N5CCN(C(=O)OC(C)(C)C)[C@@H](CC#N)C5)nc(OCC56CCCN5CCC6)nc4c3F)c12. The van der Waals surface area contributed by atoms with Crippen LogP contribution in [0.4, 0.5) is 23.8 Å². The van der Waals surface area contributed by atoms with Crippen molar-refractivity contribution in [3.05, 3.63) is 53.3 Å². The van der Waals surface area contributed by atoms with Crippen molar-refractivity contribution >= 4 is 33.6 Å². The minimum absolute atomic E-state index is 0.00177. The molecule has 0 aliphatic carbocycles. The zero-order valence-electron chi connectivity index (χ0n) is 32.0. The third-order valence-electron chi connectivity index (χ3n) is 11.0. The molecular formula is C41H47F3N6O5. The summed E-state index contributed by atoms with van der Waals surface area (Å²) in [6.45, 7) is 9.80. The molecular weight excluding hydrogens is 713 g/mol. The molecule has 3 fully saturated rings. The first-order valence-corrected chi connectivity index (χ1v) is 18.9. The Hall–Kier alpha value is -4.87. The minimum Gasteiger partial charge on any atom is -0.468 e. The molecule has 1 aromatic heterocycles. The first-order valence-electron chi connectivity index (χ1n) is 18.9. The van der Waals surface area contributed by atoms with E-state index in [1.54, 1.807) is 39.8 Å². The summed E-state index contributed by atoms with van der Waals surface area (Å²) in [5, 5.41) is 10.7. The van der Waals surface area contributed by atoms with Gasteiger partial charge in [0.15, 0.2) is 12.6 Å². The molecule has 0 N–H and O–H groups in total. The number of hydrogen-bond donors (Lipinski definition) is 0. The highest BCUT2D eigenvalue weighted by Gasteiger charge is 2.45. The number of rotatable bonds is 10. The normalized spacial score (nSPS) is 18.5. The predicted molar refractivity (Wildman–Crippen MR) is 202 cm³/mol. The van der Waals surface area contributed by atoms with Crippen molar-refractivity contribution < 1.29 is 36.9 Å². The molecule has 7 rings (SSSR count). The number of nitrogens with zero attached hydrogens (tertiary/aromatic N) is 6. The Morgan fingerprint density at radius 3 is 2.47 bits per heavy atom. The van der Waals surface area contributed by atoms with E-state index in [-0.39, 0.29) is 78.9 Å². The van der Waals surface area contributed by atoms with Crippen LogP contribution in [0.3, 0.4) is 0 Å². The Balaban J connectivity index is 1.38. The maximum Gasteiger partial charge on any atom is 0.410 e. The number of methoxy groups -OCH3 is 1. The lowest BCUT2D eigenvalue weighted by atomic mass is 9.91. The van der Waals surface area contributed by atoms with E-state index in [0.29, 0.717) is 22.9 Å². The number of hydrogen-bond acceptors (Lipinski definition) is 10. The van der Waals surface area contributed by atoms with Gasteiger partial charge in [-0.25, -0.2) is 18.0 Å². The average molecular weight is 761 g/mol. The summed E-state index contributed by atoms with van der Waals surface area (Å²) >= 11 is 0. The number of benzene rings is 3. The monoisotopic (exact) mass is 760 g/mol. The molecule has 292 valence electrons. The molecule has 3 aliphatic heterocycles. The molecule has 3 saturated heterocycles. The van der Waals surface area contributed by atoms with Crippen LogP contribution in [0.1, 0.15) is 65.4 Å². The highest BCUT2D eigenvalue weighted by molar-refractivity contribution is 6.03. The lowest BCUT2D eigenvalue weighted by Crippen LogP contribution is -2.56. The number of fused-ring (bicyclic) bond motifs is 3. The second-order valence-corrected chi connectivity index (χ2v) is 15.6. The summed E-state index contributed by atoms with van der Waals surface area (Å²) in [5.74, 6) is -1.87. The fourth-order valence-electron chi connectivity index (χ4n) is 8.50. The molecule has 1 atom stereocenters. The number of aryl methyl sites for hydroxylation is 1. The van der Waals surface area contributed by atoms with Gasteiger partial charge in [-0.3, -0.25) is 4.90 Å². The fourth-order valence-corrected chi connectivity index (χ4v) is 8.50. The molecule has 1 amide bonds. The Morgan fingerprint density at radius 1 is 1.02 bits per heavy atom. The highest BCUT2D eigenvalue weighted by atomic mass is 19.1. The largest absolute Gasteiger partial charge is 0.468 e. The summed E-state index contributed by atoms with van der Waals surface area (Å²) < 4.78 is 72.3. The van der Waals surface area contributed by atoms with E-state index < -0.39 is 40.8 Å². The predicted octanol–water partition coefficient (Wildman–Crippen LogP) is 7.76. The van der Waals surface area contributed by atoms with E-state index >= 15 is 13.2 Å². The van der Waals surface area contributed by atoms with Gasteiger partial charge in [0.2, 0.25) is 0 Å². The standard InChI is InChI=1S/C41H47F3N6O5/c1-6-28-31(42)10-9-25-19-27(54-24-52-5)20-29(33(25)28)34-32(43)21-30-36(35(34)44)46-38(53-23-41-12-7-15-49(41)16-8-13-41)47-37(30)48-17-18-50(26(22-48)11-14-45)39(51)55-40(2,3)4/h9-10,19-21,26H,6-8,11-13,15-18,22-24H2,1-5H3/t26-/m0/s1. The number of nitriles is 1. The van der Waals surface area contributed by atoms with Crippen molar-refractivity contribution in [3.63, 3.8) is 0 Å².